The molecule has 1 amide bonds. The number of aromatic nitrogens is 2. The van der Waals surface area contributed by atoms with E-state index in [-0.39, 0.29) is 11.4 Å². The largest absolute Gasteiger partial charge is 0.346 e. The second-order valence-corrected chi connectivity index (χ2v) is 4.85. The topological polar surface area (TPSA) is 83.8 Å². The van der Waals surface area contributed by atoms with Crippen molar-refractivity contribution >= 4 is 34.8 Å². The second kappa shape index (κ2) is 3.90. The number of hydrogen-bond donors (Lipinski definition) is 3. The number of H-pyrrole nitrogens is 1. The number of carbonyl (C=O) groups is 1. The molecule has 3 heterocycles. The molecule has 1 unspecified atom stereocenters. The van der Waals surface area contributed by atoms with Gasteiger partial charge in [-0.15, -0.1) is 0 Å². The number of fused-ring (bicyclic) bond motifs is 1. The number of hydrogen-bond acceptors (Lipinski definition) is 4. The first-order valence-corrected chi connectivity index (χ1v) is 5.99. The normalized spacial score (nSPS) is 22.3. The Hall–Kier alpha value is -1.79. The summed E-state index contributed by atoms with van der Waals surface area (Å²) in [5.41, 5.74) is 7.03. The number of nitrogens with one attached hydrogen (secondary N) is 2. The minimum atomic E-state index is -0.350. The molecule has 0 radical (unpaired) electrons. The number of thioether (sulfide) groups is 1. The molecule has 5 nitrogen and oxygen atoms in total. The van der Waals surface area contributed by atoms with E-state index in [0.29, 0.717) is 4.91 Å². The van der Waals surface area contributed by atoms with Crippen molar-refractivity contribution in [1.29, 1.82) is 0 Å². The van der Waals surface area contributed by atoms with E-state index in [9.17, 15) is 4.79 Å². The number of amides is 1. The quantitative estimate of drug-likeness (QED) is 0.656. The fourth-order valence-corrected chi connectivity index (χ4v) is 2.56. The van der Waals surface area contributed by atoms with Crippen molar-refractivity contribution in [1.82, 2.24) is 15.3 Å². The number of carbonyl (C=O) groups excluding carboxylic acids is 1. The highest BCUT2D eigenvalue weighted by Crippen LogP contribution is 2.28. The number of aromatic amines is 1. The minimum absolute atomic E-state index is 0.124. The Morgan fingerprint density at radius 1 is 1.53 bits per heavy atom. The van der Waals surface area contributed by atoms with E-state index in [1.165, 1.54) is 11.8 Å². The van der Waals surface area contributed by atoms with Crippen LogP contribution in [0.15, 0.2) is 29.4 Å². The lowest BCUT2D eigenvalue weighted by Crippen LogP contribution is -2.31. The van der Waals surface area contributed by atoms with Crippen LogP contribution in [0.5, 0.6) is 0 Å². The van der Waals surface area contributed by atoms with Crippen LogP contribution in [0.4, 0.5) is 0 Å². The maximum atomic E-state index is 11.5. The van der Waals surface area contributed by atoms with Crippen LogP contribution in [0.2, 0.25) is 0 Å². The molecule has 1 fully saturated rings. The maximum absolute atomic E-state index is 11.5. The molecular formula is C11H10N4OS. The molecule has 2 aromatic rings. The maximum Gasteiger partial charge on any atom is 0.259 e. The Morgan fingerprint density at radius 3 is 3.18 bits per heavy atom. The first-order valence-electron chi connectivity index (χ1n) is 5.11. The Labute approximate surface area is 101 Å². The Morgan fingerprint density at radius 2 is 2.41 bits per heavy atom. The van der Waals surface area contributed by atoms with Crippen LogP contribution in [0.25, 0.3) is 17.1 Å². The van der Waals surface area contributed by atoms with Crippen molar-refractivity contribution < 1.29 is 4.79 Å². The summed E-state index contributed by atoms with van der Waals surface area (Å²) in [5, 5.41) is 3.63. The van der Waals surface area contributed by atoms with E-state index in [2.05, 4.69) is 15.3 Å². The highest BCUT2D eigenvalue weighted by atomic mass is 32.2. The second-order valence-electron chi connectivity index (χ2n) is 3.66. The molecule has 1 aliphatic rings. The molecular weight excluding hydrogens is 236 g/mol. The molecule has 0 saturated carbocycles. The Kier molecular flexibility index (Phi) is 2.38. The monoisotopic (exact) mass is 246 g/mol. The van der Waals surface area contributed by atoms with Crippen molar-refractivity contribution in [3.8, 4) is 0 Å². The summed E-state index contributed by atoms with van der Waals surface area (Å²) in [6.07, 6.45) is 5.39. The van der Waals surface area contributed by atoms with Crippen LogP contribution in [0.1, 0.15) is 5.56 Å². The SMILES string of the molecule is NC1NC(=O)/C(=C/c2c[nH]c3ncccc23)S1. The van der Waals surface area contributed by atoms with Gasteiger partial charge < -0.3 is 16.0 Å². The summed E-state index contributed by atoms with van der Waals surface area (Å²) in [4.78, 5) is 19.4. The van der Waals surface area contributed by atoms with Crippen LogP contribution in [0.3, 0.4) is 0 Å². The molecule has 1 aliphatic heterocycles. The number of nitrogens with two attached hydrogens (primary N) is 1. The first-order chi connectivity index (χ1) is 8.24. The van der Waals surface area contributed by atoms with E-state index < -0.39 is 0 Å². The molecule has 1 saturated heterocycles. The lowest BCUT2D eigenvalue weighted by Gasteiger charge is -1.95. The van der Waals surface area contributed by atoms with Crippen LogP contribution in [-0.4, -0.2) is 21.4 Å². The third-order valence-electron chi connectivity index (χ3n) is 2.52. The molecule has 3 rings (SSSR count). The van der Waals surface area contributed by atoms with Gasteiger partial charge in [-0.25, -0.2) is 4.98 Å². The first kappa shape index (κ1) is 10.4. The number of nitrogens with zero attached hydrogens (tertiary/aromatic N) is 1. The molecule has 0 aromatic carbocycles. The summed E-state index contributed by atoms with van der Waals surface area (Å²) >= 11 is 1.32. The third-order valence-corrected chi connectivity index (χ3v) is 3.45. The van der Waals surface area contributed by atoms with Crippen LogP contribution < -0.4 is 11.1 Å². The number of pyridine rings is 1. The molecule has 0 spiro atoms. The zero-order valence-electron chi connectivity index (χ0n) is 8.81. The predicted molar refractivity (Wildman–Crippen MR) is 67.8 cm³/mol. The predicted octanol–water partition coefficient (Wildman–Crippen LogP) is 1.01. The lowest BCUT2D eigenvalue weighted by molar-refractivity contribution is -0.116. The summed E-state index contributed by atoms with van der Waals surface area (Å²) in [5.74, 6) is -0.124. The van der Waals surface area contributed by atoms with E-state index in [0.717, 1.165) is 16.6 Å². The summed E-state index contributed by atoms with van der Waals surface area (Å²) < 4.78 is 0. The van der Waals surface area contributed by atoms with Gasteiger partial charge in [0.15, 0.2) is 0 Å². The summed E-state index contributed by atoms with van der Waals surface area (Å²) in [7, 11) is 0. The average molecular weight is 246 g/mol. The molecule has 17 heavy (non-hydrogen) atoms. The van der Waals surface area contributed by atoms with E-state index in [1.807, 2.05) is 24.4 Å². The molecule has 86 valence electrons. The standard InChI is InChI=1S/C11H10N4OS/c12-11-15-10(16)8(17-11)4-6-5-14-9-7(6)2-1-3-13-9/h1-5,11H,12H2,(H,13,14)(H,15,16)/b8-4-. The average Bonchev–Trinajstić information content (AvgIpc) is 2.85. The van der Waals surface area contributed by atoms with Crippen molar-refractivity contribution in [2.45, 2.75) is 5.50 Å². The number of rotatable bonds is 1. The smallest absolute Gasteiger partial charge is 0.259 e. The molecule has 6 heteroatoms. The summed E-state index contributed by atoms with van der Waals surface area (Å²) in [6.45, 7) is 0. The van der Waals surface area contributed by atoms with Crippen molar-refractivity contribution in [2.75, 3.05) is 0 Å². The van der Waals surface area contributed by atoms with Gasteiger partial charge in [0, 0.05) is 23.3 Å². The minimum Gasteiger partial charge on any atom is -0.346 e. The van der Waals surface area contributed by atoms with Crippen LogP contribution in [0, 0.1) is 0 Å². The van der Waals surface area contributed by atoms with Crippen molar-refractivity contribution in [2.24, 2.45) is 5.73 Å². The van der Waals surface area contributed by atoms with Crippen molar-refractivity contribution in [3.05, 3.63) is 35.0 Å². The van der Waals surface area contributed by atoms with Crippen molar-refractivity contribution in [3.63, 3.8) is 0 Å². The fraction of sp³-hybridized carbons (Fsp3) is 0.0909. The van der Waals surface area contributed by atoms with Gasteiger partial charge >= 0.3 is 0 Å². The molecule has 4 N–H and O–H groups in total. The van der Waals surface area contributed by atoms with Gasteiger partial charge in [0.1, 0.15) is 11.1 Å². The fourth-order valence-electron chi connectivity index (χ4n) is 1.76. The molecule has 0 aliphatic carbocycles. The van der Waals surface area contributed by atoms with E-state index >= 15 is 0 Å². The van der Waals surface area contributed by atoms with E-state index in [4.69, 9.17) is 5.73 Å². The summed E-state index contributed by atoms with van der Waals surface area (Å²) in [6, 6.07) is 3.83. The Balaban J connectivity index is 2.05. The van der Waals surface area contributed by atoms with E-state index in [1.54, 1.807) is 6.20 Å². The van der Waals surface area contributed by atoms with Gasteiger partial charge in [-0.05, 0) is 18.2 Å². The van der Waals surface area contributed by atoms with Gasteiger partial charge in [0.05, 0.1) is 4.91 Å². The molecule has 1 atom stereocenters. The third kappa shape index (κ3) is 1.81. The lowest BCUT2D eigenvalue weighted by atomic mass is 10.2. The highest BCUT2D eigenvalue weighted by Gasteiger charge is 2.24. The van der Waals surface area contributed by atoms with Crippen LogP contribution in [-0.2, 0) is 4.79 Å². The zero-order chi connectivity index (χ0) is 11.8. The molecule has 2 aromatic heterocycles. The van der Waals surface area contributed by atoms with Gasteiger partial charge in [0.25, 0.3) is 5.91 Å². The van der Waals surface area contributed by atoms with Gasteiger partial charge in [-0.2, -0.15) is 0 Å². The van der Waals surface area contributed by atoms with Crippen LogP contribution >= 0.6 is 11.8 Å². The molecule has 0 bridgehead atoms. The highest BCUT2D eigenvalue weighted by molar-refractivity contribution is 8.05. The van der Waals surface area contributed by atoms with Gasteiger partial charge in [0.2, 0.25) is 0 Å². The zero-order valence-corrected chi connectivity index (χ0v) is 9.62. The Bertz CT molecular complexity index is 619. The van der Waals surface area contributed by atoms with Gasteiger partial charge in [-0.3, -0.25) is 4.79 Å². The van der Waals surface area contributed by atoms with Gasteiger partial charge in [-0.1, -0.05) is 11.8 Å².